The third-order valence-electron chi connectivity index (χ3n) is 7.09. The first kappa shape index (κ1) is 23.6. The summed E-state index contributed by atoms with van der Waals surface area (Å²) in [5.41, 5.74) is -1.52. The van der Waals surface area contributed by atoms with Gasteiger partial charge in [-0.2, -0.15) is 13.2 Å². The molecule has 0 atom stereocenters. The zero-order valence-corrected chi connectivity index (χ0v) is 19.0. The van der Waals surface area contributed by atoms with Crippen molar-refractivity contribution in [1.29, 1.82) is 0 Å². The van der Waals surface area contributed by atoms with Crippen molar-refractivity contribution in [3.8, 4) is 0 Å². The molecular formula is C23H33F3N2OS. The number of aldehydes is 1. The Kier molecular flexibility index (Phi) is 7.25. The van der Waals surface area contributed by atoms with Crippen molar-refractivity contribution < 1.29 is 18.0 Å². The minimum absolute atomic E-state index is 0.0856. The average molecular weight is 443 g/mol. The lowest BCUT2D eigenvalue weighted by Crippen LogP contribution is -2.53. The topological polar surface area (TPSA) is 32.3 Å². The molecule has 1 N–H and O–H groups in total. The second-order valence-corrected chi connectivity index (χ2v) is 10.8. The van der Waals surface area contributed by atoms with Crippen LogP contribution in [0.3, 0.4) is 0 Å². The lowest BCUT2D eigenvalue weighted by atomic mass is 9.54. The monoisotopic (exact) mass is 442 g/mol. The number of hydrogen-bond acceptors (Lipinski definition) is 4. The molecule has 1 aromatic carbocycles. The van der Waals surface area contributed by atoms with Gasteiger partial charge in [-0.25, -0.2) is 4.31 Å². The average Bonchev–Trinajstić information content (AvgIpc) is 2.67. The van der Waals surface area contributed by atoms with E-state index < -0.39 is 17.3 Å². The van der Waals surface area contributed by atoms with E-state index >= 15 is 0 Å². The van der Waals surface area contributed by atoms with Crippen LogP contribution in [0, 0.1) is 23.7 Å². The molecule has 5 rings (SSSR count). The smallest absolute Gasteiger partial charge is 0.316 e. The highest BCUT2D eigenvalue weighted by Gasteiger charge is 2.47. The fourth-order valence-electron chi connectivity index (χ4n) is 5.52. The van der Waals surface area contributed by atoms with Crippen molar-refractivity contribution in [2.45, 2.75) is 68.6 Å². The van der Waals surface area contributed by atoms with Crippen LogP contribution in [-0.4, -0.2) is 36.3 Å². The Morgan fingerprint density at radius 2 is 1.57 bits per heavy atom. The van der Waals surface area contributed by atoms with Crippen LogP contribution in [0.1, 0.15) is 51.5 Å². The highest BCUT2D eigenvalue weighted by molar-refractivity contribution is 7.97. The number of benzene rings is 1. The summed E-state index contributed by atoms with van der Waals surface area (Å²) in [6.45, 7) is 3.28. The van der Waals surface area contributed by atoms with E-state index in [1.54, 1.807) is 59.1 Å². The molecule has 3 nitrogen and oxygen atoms in total. The number of alkyl halides is 3. The van der Waals surface area contributed by atoms with E-state index in [2.05, 4.69) is 12.4 Å². The Morgan fingerprint density at radius 3 is 2.03 bits per heavy atom. The van der Waals surface area contributed by atoms with Gasteiger partial charge in [-0.1, -0.05) is 12.1 Å². The van der Waals surface area contributed by atoms with Crippen LogP contribution in [-0.2, 0) is 11.0 Å². The number of carbonyl (C=O) groups excluding carboxylic acids is 1. The molecule has 0 aliphatic heterocycles. The Labute approximate surface area is 182 Å². The molecule has 4 saturated carbocycles. The van der Waals surface area contributed by atoms with Crippen molar-refractivity contribution in [3.63, 3.8) is 0 Å². The van der Waals surface area contributed by atoms with Gasteiger partial charge >= 0.3 is 6.18 Å². The first-order valence-electron chi connectivity index (χ1n) is 10.8. The first-order valence-corrected chi connectivity index (χ1v) is 11.5. The standard InChI is InChI=1S/C12H14F3NOS.C11H19N/c1-11(2,8-17)16(3)18-10-7-5-4-6-9(10)12(13,14)15;1-12-11-9-3-7-2-8(5-9)6-10(11)4-7/h4-8H,1-3H3;7-12H,2-6H2,1H3. The molecular weight excluding hydrogens is 409 g/mol. The molecule has 7 heteroatoms. The minimum Gasteiger partial charge on any atom is -0.316 e. The summed E-state index contributed by atoms with van der Waals surface area (Å²) in [4.78, 5) is 10.9. The lowest BCUT2D eigenvalue weighted by molar-refractivity contribution is -0.139. The van der Waals surface area contributed by atoms with E-state index in [9.17, 15) is 18.0 Å². The van der Waals surface area contributed by atoms with Crippen molar-refractivity contribution in [1.82, 2.24) is 9.62 Å². The van der Waals surface area contributed by atoms with Gasteiger partial charge in [-0.3, -0.25) is 0 Å². The molecule has 4 fully saturated rings. The number of rotatable bonds is 5. The second kappa shape index (κ2) is 9.21. The molecule has 0 saturated heterocycles. The van der Waals surface area contributed by atoms with E-state index in [1.165, 1.54) is 16.4 Å². The quantitative estimate of drug-likeness (QED) is 0.472. The molecule has 0 unspecified atom stereocenters. The van der Waals surface area contributed by atoms with E-state index in [0.29, 0.717) is 6.29 Å². The van der Waals surface area contributed by atoms with Crippen LogP contribution in [0.5, 0.6) is 0 Å². The lowest BCUT2D eigenvalue weighted by Gasteiger charge is -2.54. The van der Waals surface area contributed by atoms with Gasteiger partial charge in [0.2, 0.25) is 0 Å². The predicted octanol–water partition coefficient (Wildman–Crippen LogP) is 5.65. The summed E-state index contributed by atoms with van der Waals surface area (Å²) in [6.07, 6.45) is 4.05. The highest BCUT2D eigenvalue weighted by atomic mass is 32.2. The van der Waals surface area contributed by atoms with Crippen LogP contribution in [0.2, 0.25) is 0 Å². The van der Waals surface area contributed by atoms with Crippen molar-refractivity contribution in [2.24, 2.45) is 23.7 Å². The number of carbonyl (C=O) groups is 1. The molecule has 0 aromatic heterocycles. The van der Waals surface area contributed by atoms with E-state index in [1.807, 2.05) is 0 Å². The van der Waals surface area contributed by atoms with Crippen molar-refractivity contribution >= 4 is 18.2 Å². The Bertz CT molecular complexity index is 709. The van der Waals surface area contributed by atoms with Gasteiger partial charge in [-0.15, -0.1) is 0 Å². The Balaban J connectivity index is 0.000000182. The summed E-state index contributed by atoms with van der Waals surface area (Å²) in [5.74, 6) is 4.34. The molecule has 0 radical (unpaired) electrons. The van der Waals surface area contributed by atoms with Gasteiger partial charge in [0.25, 0.3) is 0 Å². The summed E-state index contributed by atoms with van der Waals surface area (Å²) >= 11 is 0.911. The first-order chi connectivity index (χ1) is 14.0. The van der Waals surface area contributed by atoms with Crippen LogP contribution in [0.25, 0.3) is 0 Å². The number of likely N-dealkylation sites (N-methyl/N-ethyl adjacent to an activating group) is 1. The number of hydrogen-bond donors (Lipinski definition) is 1. The minimum atomic E-state index is -4.39. The van der Waals surface area contributed by atoms with Gasteiger partial charge in [0, 0.05) is 10.9 Å². The maximum Gasteiger partial charge on any atom is 0.417 e. The van der Waals surface area contributed by atoms with E-state index in [0.717, 1.165) is 47.7 Å². The zero-order valence-electron chi connectivity index (χ0n) is 18.2. The third-order valence-corrected chi connectivity index (χ3v) is 8.38. The maximum absolute atomic E-state index is 12.8. The highest BCUT2D eigenvalue weighted by Crippen LogP contribution is 2.53. The Morgan fingerprint density at radius 1 is 1.03 bits per heavy atom. The van der Waals surface area contributed by atoms with Crippen LogP contribution in [0.15, 0.2) is 29.2 Å². The normalized spacial score (nSPS) is 30.2. The van der Waals surface area contributed by atoms with E-state index in [-0.39, 0.29) is 4.90 Å². The van der Waals surface area contributed by atoms with Gasteiger partial charge in [-0.05, 0) is 108 Å². The molecule has 0 spiro atoms. The van der Waals surface area contributed by atoms with Gasteiger partial charge in [0.1, 0.15) is 6.29 Å². The SMILES string of the molecule is CN(Sc1ccccc1C(F)(F)F)C(C)(C)C=O.CNC1C2CC3CC(C2)CC1C3. The van der Waals surface area contributed by atoms with Crippen LogP contribution < -0.4 is 5.32 Å². The molecule has 30 heavy (non-hydrogen) atoms. The van der Waals surface area contributed by atoms with Crippen LogP contribution >= 0.6 is 11.9 Å². The zero-order chi connectivity index (χ0) is 22.1. The van der Waals surface area contributed by atoms with Gasteiger partial charge in [0.15, 0.2) is 0 Å². The van der Waals surface area contributed by atoms with Gasteiger partial charge < -0.3 is 10.1 Å². The fraction of sp³-hybridized carbons (Fsp3) is 0.696. The molecule has 1 aromatic rings. The second-order valence-electron chi connectivity index (χ2n) is 9.60. The molecule has 168 valence electrons. The number of nitrogens with zero attached hydrogens (tertiary/aromatic N) is 1. The Hall–Kier alpha value is -1.05. The summed E-state index contributed by atoms with van der Waals surface area (Å²) in [5, 5.41) is 3.55. The summed E-state index contributed by atoms with van der Waals surface area (Å²) in [6, 6.07) is 6.20. The molecule has 0 amide bonds. The molecule has 4 bridgehead atoms. The molecule has 4 aliphatic rings. The number of nitrogens with one attached hydrogen (secondary N) is 1. The van der Waals surface area contributed by atoms with Crippen molar-refractivity contribution in [3.05, 3.63) is 29.8 Å². The van der Waals surface area contributed by atoms with Crippen LogP contribution in [0.4, 0.5) is 13.2 Å². The molecule has 0 heterocycles. The third kappa shape index (κ3) is 5.22. The molecule has 4 aliphatic carbocycles. The maximum atomic E-state index is 12.8. The van der Waals surface area contributed by atoms with Crippen molar-refractivity contribution in [2.75, 3.05) is 14.1 Å². The summed E-state index contributed by atoms with van der Waals surface area (Å²) in [7, 11) is 3.75. The predicted molar refractivity (Wildman–Crippen MR) is 115 cm³/mol. The number of halogens is 3. The fourth-order valence-corrected chi connectivity index (χ4v) is 6.51. The van der Waals surface area contributed by atoms with Gasteiger partial charge in [0.05, 0.1) is 11.1 Å². The van der Waals surface area contributed by atoms with E-state index in [4.69, 9.17) is 0 Å². The largest absolute Gasteiger partial charge is 0.417 e. The summed E-state index contributed by atoms with van der Waals surface area (Å²) < 4.78 is 39.8.